The van der Waals surface area contributed by atoms with Crippen LogP contribution in [0.2, 0.25) is 0 Å². The lowest BCUT2D eigenvalue weighted by atomic mass is 10.2. The highest BCUT2D eigenvalue weighted by Gasteiger charge is 2.20. The predicted molar refractivity (Wildman–Crippen MR) is 84.0 cm³/mol. The molecule has 0 fully saturated rings. The normalized spacial score (nSPS) is 11.0. The Morgan fingerprint density at radius 3 is 2.48 bits per heavy atom. The van der Waals surface area contributed by atoms with Gasteiger partial charge in [-0.15, -0.1) is 0 Å². The topological polar surface area (TPSA) is 60.5 Å². The average Bonchev–Trinajstić information content (AvgIpc) is 2.80. The minimum absolute atomic E-state index is 0.486. The number of hydrogen-bond donors (Lipinski definition) is 1. The van der Waals surface area contributed by atoms with E-state index in [9.17, 15) is 4.79 Å². The molecule has 6 heteroatoms. The number of nitrogens with zero attached hydrogens (tertiary/aromatic N) is 1. The zero-order chi connectivity index (χ0) is 15.5. The summed E-state index contributed by atoms with van der Waals surface area (Å²) in [4.78, 5) is 16.3. The summed E-state index contributed by atoms with van der Waals surface area (Å²) in [5, 5.41) is 3.83. The van der Waals surface area contributed by atoms with Crippen molar-refractivity contribution in [2.75, 3.05) is 12.4 Å². The first kappa shape index (κ1) is 15.3. The second kappa shape index (κ2) is 6.13. The van der Waals surface area contributed by atoms with E-state index >= 15 is 0 Å². The first-order valence-corrected chi connectivity index (χ1v) is 7.31. The number of nitrogens with one attached hydrogen (secondary N) is 1. The lowest BCUT2D eigenvalue weighted by Crippen LogP contribution is -2.27. The predicted octanol–water partition coefficient (Wildman–Crippen LogP) is 4.17. The summed E-state index contributed by atoms with van der Waals surface area (Å²) in [6, 6.07) is 9.61. The zero-order valence-corrected chi connectivity index (χ0v) is 13.3. The summed E-state index contributed by atoms with van der Waals surface area (Å²) < 4.78 is 10.4. The number of hydrogen-bond acceptors (Lipinski definition) is 5. The van der Waals surface area contributed by atoms with Crippen molar-refractivity contribution >= 4 is 22.4 Å². The van der Waals surface area contributed by atoms with Gasteiger partial charge in [-0.2, -0.15) is 0 Å². The number of benzene rings is 1. The molecule has 21 heavy (non-hydrogen) atoms. The molecule has 0 aliphatic rings. The van der Waals surface area contributed by atoms with Gasteiger partial charge in [-0.25, -0.2) is 9.78 Å². The molecule has 0 saturated carbocycles. The van der Waals surface area contributed by atoms with Gasteiger partial charge < -0.3 is 9.47 Å². The van der Waals surface area contributed by atoms with Crippen LogP contribution in [0.3, 0.4) is 0 Å². The Kier molecular flexibility index (Phi) is 4.47. The Balaban J connectivity index is 2.27. The van der Waals surface area contributed by atoms with Crippen molar-refractivity contribution in [3.05, 3.63) is 30.3 Å². The van der Waals surface area contributed by atoms with Gasteiger partial charge in [0.25, 0.3) is 5.19 Å². The molecule has 2 aromatic rings. The molecule has 1 heterocycles. The highest BCUT2D eigenvalue weighted by atomic mass is 32.1. The largest absolute Gasteiger partial charge is 0.473 e. The number of rotatable bonds is 3. The number of thiazole rings is 1. The molecular formula is C15H18N2O3S. The molecule has 2 rings (SSSR count). The maximum Gasteiger partial charge on any atom is 0.412 e. The van der Waals surface area contributed by atoms with Crippen molar-refractivity contribution in [2.24, 2.45) is 0 Å². The van der Waals surface area contributed by atoms with Gasteiger partial charge in [0, 0.05) is 5.56 Å². The highest BCUT2D eigenvalue weighted by molar-refractivity contribution is 7.18. The number of amides is 1. The van der Waals surface area contributed by atoms with Crippen molar-refractivity contribution in [1.29, 1.82) is 0 Å². The third-order valence-corrected chi connectivity index (χ3v) is 3.38. The molecule has 1 aromatic carbocycles. The Morgan fingerprint density at radius 2 is 1.90 bits per heavy atom. The van der Waals surface area contributed by atoms with Gasteiger partial charge in [-0.3, -0.25) is 5.32 Å². The maximum atomic E-state index is 11.9. The summed E-state index contributed by atoms with van der Waals surface area (Å²) in [6.07, 6.45) is -0.508. The molecule has 1 aromatic heterocycles. The van der Waals surface area contributed by atoms with Gasteiger partial charge >= 0.3 is 6.09 Å². The summed E-state index contributed by atoms with van der Waals surface area (Å²) in [7, 11) is 1.55. The molecule has 0 saturated heterocycles. The standard InChI is InChI=1S/C15H18N2O3S/c1-15(2,3)20-13(18)17-12-11(16-14(19-4)21-12)10-8-6-5-7-9-10/h5-9H,1-4H3,(H,17,18). The van der Waals surface area contributed by atoms with E-state index in [1.807, 2.05) is 51.1 Å². The molecule has 0 bridgehead atoms. The van der Waals surface area contributed by atoms with E-state index in [2.05, 4.69) is 10.3 Å². The lowest BCUT2D eigenvalue weighted by molar-refractivity contribution is 0.0636. The fourth-order valence-corrected chi connectivity index (χ4v) is 2.45. The van der Waals surface area contributed by atoms with E-state index in [-0.39, 0.29) is 0 Å². The molecule has 0 aliphatic carbocycles. The van der Waals surface area contributed by atoms with Crippen LogP contribution in [0.15, 0.2) is 30.3 Å². The van der Waals surface area contributed by atoms with Gasteiger partial charge in [0.2, 0.25) is 0 Å². The fraction of sp³-hybridized carbons (Fsp3) is 0.333. The average molecular weight is 306 g/mol. The van der Waals surface area contributed by atoms with E-state index < -0.39 is 11.7 Å². The monoisotopic (exact) mass is 306 g/mol. The summed E-state index contributed by atoms with van der Waals surface area (Å²) >= 11 is 1.26. The SMILES string of the molecule is COc1nc(-c2ccccc2)c(NC(=O)OC(C)(C)C)s1. The van der Waals surface area contributed by atoms with Crippen LogP contribution in [0.4, 0.5) is 9.80 Å². The minimum Gasteiger partial charge on any atom is -0.473 e. The molecule has 0 unspecified atom stereocenters. The maximum absolute atomic E-state index is 11.9. The first-order chi connectivity index (χ1) is 9.89. The Labute approximate surface area is 127 Å². The Bertz CT molecular complexity index is 618. The van der Waals surface area contributed by atoms with Gasteiger partial charge in [-0.05, 0) is 20.8 Å². The zero-order valence-electron chi connectivity index (χ0n) is 12.5. The number of methoxy groups -OCH3 is 1. The highest BCUT2D eigenvalue weighted by Crippen LogP contribution is 2.37. The first-order valence-electron chi connectivity index (χ1n) is 6.49. The van der Waals surface area contributed by atoms with Crippen LogP contribution in [0.25, 0.3) is 11.3 Å². The van der Waals surface area contributed by atoms with Crippen LogP contribution in [0.5, 0.6) is 5.19 Å². The third kappa shape index (κ3) is 4.19. The van der Waals surface area contributed by atoms with E-state index in [1.54, 1.807) is 7.11 Å². The third-order valence-electron chi connectivity index (χ3n) is 2.44. The molecule has 1 amide bonds. The van der Waals surface area contributed by atoms with Gasteiger partial charge in [0.15, 0.2) is 0 Å². The molecule has 1 N–H and O–H groups in total. The second-order valence-electron chi connectivity index (χ2n) is 5.35. The number of carbonyl (C=O) groups is 1. The number of anilines is 1. The van der Waals surface area contributed by atoms with Crippen LogP contribution in [0.1, 0.15) is 20.8 Å². The summed E-state index contributed by atoms with van der Waals surface area (Å²) in [6.45, 7) is 5.45. The molecule has 0 radical (unpaired) electrons. The van der Waals surface area contributed by atoms with Gasteiger partial charge in [0.05, 0.1) is 7.11 Å². The van der Waals surface area contributed by atoms with Gasteiger partial charge in [0.1, 0.15) is 16.3 Å². The van der Waals surface area contributed by atoms with E-state index in [0.717, 1.165) is 5.56 Å². The fourth-order valence-electron chi connectivity index (χ4n) is 1.66. The van der Waals surface area contributed by atoms with Crippen LogP contribution in [0, 0.1) is 0 Å². The Hall–Kier alpha value is -2.08. The van der Waals surface area contributed by atoms with Crippen molar-refractivity contribution in [3.8, 4) is 16.5 Å². The number of ether oxygens (including phenoxy) is 2. The van der Waals surface area contributed by atoms with Gasteiger partial charge in [-0.1, -0.05) is 41.7 Å². The lowest BCUT2D eigenvalue weighted by Gasteiger charge is -2.19. The molecule has 5 nitrogen and oxygen atoms in total. The summed E-state index contributed by atoms with van der Waals surface area (Å²) in [5.41, 5.74) is 1.03. The van der Waals surface area contributed by atoms with Crippen molar-refractivity contribution in [3.63, 3.8) is 0 Å². The molecule has 112 valence electrons. The van der Waals surface area contributed by atoms with Crippen LogP contribution in [-0.4, -0.2) is 23.8 Å². The molecule has 0 aliphatic heterocycles. The quantitative estimate of drug-likeness (QED) is 0.924. The minimum atomic E-state index is -0.550. The Morgan fingerprint density at radius 1 is 1.24 bits per heavy atom. The summed E-state index contributed by atoms with van der Waals surface area (Å²) in [5.74, 6) is 0. The molecule has 0 spiro atoms. The second-order valence-corrected chi connectivity index (χ2v) is 6.32. The van der Waals surface area contributed by atoms with Crippen LogP contribution >= 0.6 is 11.3 Å². The van der Waals surface area contributed by atoms with Crippen LogP contribution < -0.4 is 10.1 Å². The number of carbonyl (C=O) groups excluding carboxylic acids is 1. The number of aromatic nitrogens is 1. The van der Waals surface area contributed by atoms with E-state index in [4.69, 9.17) is 9.47 Å². The van der Waals surface area contributed by atoms with Crippen LogP contribution in [-0.2, 0) is 4.74 Å². The molecular weight excluding hydrogens is 288 g/mol. The molecule has 0 atom stereocenters. The van der Waals surface area contributed by atoms with Crippen molar-refractivity contribution < 1.29 is 14.3 Å². The van der Waals surface area contributed by atoms with E-state index in [1.165, 1.54) is 11.3 Å². The van der Waals surface area contributed by atoms with E-state index in [0.29, 0.717) is 15.9 Å². The van der Waals surface area contributed by atoms with Crippen molar-refractivity contribution in [2.45, 2.75) is 26.4 Å². The smallest absolute Gasteiger partial charge is 0.412 e. The van der Waals surface area contributed by atoms with Crippen molar-refractivity contribution in [1.82, 2.24) is 4.98 Å².